The summed E-state index contributed by atoms with van der Waals surface area (Å²) in [6, 6.07) is 0. The first-order chi connectivity index (χ1) is 8.06. The Kier molecular flexibility index (Phi) is 5.37. The van der Waals surface area contributed by atoms with Gasteiger partial charge >= 0.3 is 5.97 Å². The lowest BCUT2D eigenvalue weighted by Gasteiger charge is -2.21. The molecule has 0 aliphatic rings. The van der Waals surface area contributed by atoms with Crippen LogP contribution in [0.15, 0.2) is 23.6 Å². The van der Waals surface area contributed by atoms with E-state index in [1.54, 1.807) is 32.4 Å². The number of ether oxygens (including phenoxy) is 1. The van der Waals surface area contributed by atoms with Crippen molar-refractivity contribution in [3.63, 3.8) is 0 Å². The van der Waals surface area contributed by atoms with Crippen molar-refractivity contribution in [2.24, 2.45) is 5.73 Å². The Bertz CT molecular complexity index is 357. The molecule has 0 radical (unpaired) electrons. The Morgan fingerprint density at radius 3 is 2.94 bits per heavy atom. The van der Waals surface area contributed by atoms with Crippen LogP contribution in [0.25, 0.3) is 0 Å². The molecule has 0 aliphatic heterocycles. The second-order valence-corrected chi connectivity index (χ2v) is 4.90. The number of nitrogens with zero attached hydrogens (tertiary/aromatic N) is 2. The first-order valence-electron chi connectivity index (χ1n) is 5.41. The van der Waals surface area contributed by atoms with Crippen molar-refractivity contribution >= 4 is 17.7 Å². The highest BCUT2D eigenvalue weighted by Gasteiger charge is 2.29. The van der Waals surface area contributed by atoms with Crippen LogP contribution in [0.2, 0.25) is 0 Å². The zero-order valence-corrected chi connectivity index (χ0v) is 10.9. The van der Waals surface area contributed by atoms with E-state index in [0.717, 1.165) is 5.03 Å². The monoisotopic (exact) mass is 255 g/mol. The average Bonchev–Trinajstić information content (AvgIpc) is 2.30. The normalized spacial score (nSPS) is 14.1. The molecule has 94 valence electrons. The zero-order chi connectivity index (χ0) is 12.7. The molecule has 0 aliphatic carbocycles. The molecule has 1 aromatic heterocycles. The summed E-state index contributed by atoms with van der Waals surface area (Å²) < 4.78 is 4.91. The van der Waals surface area contributed by atoms with Crippen LogP contribution >= 0.6 is 11.8 Å². The van der Waals surface area contributed by atoms with Crippen LogP contribution in [0.1, 0.15) is 20.3 Å². The van der Waals surface area contributed by atoms with Crippen molar-refractivity contribution in [3.05, 3.63) is 18.6 Å². The molecule has 2 N–H and O–H groups in total. The van der Waals surface area contributed by atoms with Gasteiger partial charge in [0.05, 0.1) is 12.8 Å². The quantitative estimate of drug-likeness (QED) is 0.608. The van der Waals surface area contributed by atoms with E-state index in [2.05, 4.69) is 9.97 Å². The van der Waals surface area contributed by atoms with Gasteiger partial charge in [-0.2, -0.15) is 0 Å². The van der Waals surface area contributed by atoms with Gasteiger partial charge < -0.3 is 10.5 Å². The molecular weight excluding hydrogens is 238 g/mol. The standard InChI is InChI=1S/C11H17N3O2S/c1-3-16-10(15)11(2,12)4-7-17-9-8-13-5-6-14-9/h5-6,8H,3-4,7,12H2,1-2H3. The lowest BCUT2D eigenvalue weighted by molar-refractivity contribution is -0.149. The summed E-state index contributed by atoms with van der Waals surface area (Å²) in [5, 5.41) is 0.826. The third kappa shape index (κ3) is 4.70. The third-order valence-corrected chi connectivity index (χ3v) is 3.07. The number of hydrogen-bond acceptors (Lipinski definition) is 6. The van der Waals surface area contributed by atoms with Crippen molar-refractivity contribution in [3.8, 4) is 0 Å². The van der Waals surface area contributed by atoms with Gasteiger partial charge in [-0.05, 0) is 20.3 Å². The summed E-state index contributed by atoms with van der Waals surface area (Å²) >= 11 is 1.52. The molecule has 5 nitrogen and oxygen atoms in total. The van der Waals surface area contributed by atoms with E-state index in [1.807, 2.05) is 0 Å². The summed E-state index contributed by atoms with van der Waals surface area (Å²) in [6.45, 7) is 3.80. The van der Waals surface area contributed by atoms with E-state index in [1.165, 1.54) is 11.8 Å². The fourth-order valence-corrected chi connectivity index (χ4v) is 2.13. The number of esters is 1. The Labute approximate surface area is 105 Å². The second kappa shape index (κ2) is 6.56. The predicted molar refractivity (Wildman–Crippen MR) is 66.6 cm³/mol. The topological polar surface area (TPSA) is 78.1 Å². The summed E-state index contributed by atoms with van der Waals surface area (Å²) in [5.41, 5.74) is 4.95. The lowest BCUT2D eigenvalue weighted by Crippen LogP contribution is -2.46. The molecule has 0 saturated carbocycles. The van der Waals surface area contributed by atoms with E-state index >= 15 is 0 Å². The van der Waals surface area contributed by atoms with Gasteiger partial charge in [0.2, 0.25) is 0 Å². The molecular formula is C11H17N3O2S. The highest BCUT2D eigenvalue weighted by molar-refractivity contribution is 7.99. The van der Waals surface area contributed by atoms with Crippen molar-refractivity contribution < 1.29 is 9.53 Å². The zero-order valence-electron chi connectivity index (χ0n) is 10.0. The second-order valence-electron chi connectivity index (χ2n) is 3.78. The molecule has 17 heavy (non-hydrogen) atoms. The number of aromatic nitrogens is 2. The molecule has 0 spiro atoms. The molecule has 1 unspecified atom stereocenters. The first kappa shape index (κ1) is 13.9. The SMILES string of the molecule is CCOC(=O)C(C)(N)CCSc1cnccn1. The van der Waals surface area contributed by atoms with Gasteiger partial charge in [-0.1, -0.05) is 0 Å². The van der Waals surface area contributed by atoms with Crippen LogP contribution < -0.4 is 5.73 Å². The van der Waals surface area contributed by atoms with Gasteiger partial charge in [-0.25, -0.2) is 4.98 Å². The largest absolute Gasteiger partial charge is 0.465 e. The van der Waals surface area contributed by atoms with Gasteiger partial charge in [0.1, 0.15) is 10.6 Å². The van der Waals surface area contributed by atoms with Crippen LogP contribution in [0.5, 0.6) is 0 Å². The first-order valence-corrected chi connectivity index (χ1v) is 6.39. The number of hydrogen-bond donors (Lipinski definition) is 1. The molecule has 1 aromatic rings. The number of carbonyl (C=O) groups excluding carboxylic acids is 1. The molecule has 0 fully saturated rings. The van der Waals surface area contributed by atoms with Crippen molar-refractivity contribution in [2.45, 2.75) is 30.8 Å². The fourth-order valence-electron chi connectivity index (χ4n) is 1.13. The number of rotatable bonds is 6. The molecule has 1 heterocycles. The summed E-state index contributed by atoms with van der Waals surface area (Å²) in [7, 11) is 0. The van der Waals surface area contributed by atoms with E-state index in [-0.39, 0.29) is 5.97 Å². The molecule has 0 saturated heterocycles. The Hall–Kier alpha value is -1.14. The lowest BCUT2D eigenvalue weighted by atomic mass is 10.0. The molecule has 0 bridgehead atoms. The van der Waals surface area contributed by atoms with Crippen LogP contribution in [-0.2, 0) is 9.53 Å². The summed E-state index contributed by atoms with van der Waals surface area (Å²) in [4.78, 5) is 19.6. The number of carbonyl (C=O) groups is 1. The maximum atomic E-state index is 11.5. The molecule has 1 rings (SSSR count). The van der Waals surface area contributed by atoms with Crippen LogP contribution in [0.3, 0.4) is 0 Å². The summed E-state index contributed by atoms with van der Waals surface area (Å²) in [6.07, 6.45) is 5.47. The van der Waals surface area contributed by atoms with E-state index in [0.29, 0.717) is 18.8 Å². The highest BCUT2D eigenvalue weighted by Crippen LogP contribution is 2.18. The van der Waals surface area contributed by atoms with Crippen molar-refractivity contribution in [1.29, 1.82) is 0 Å². The number of thioether (sulfide) groups is 1. The van der Waals surface area contributed by atoms with Crippen molar-refractivity contribution in [1.82, 2.24) is 9.97 Å². The maximum absolute atomic E-state index is 11.5. The fraction of sp³-hybridized carbons (Fsp3) is 0.545. The summed E-state index contributed by atoms with van der Waals surface area (Å²) in [5.74, 6) is 0.338. The van der Waals surface area contributed by atoms with E-state index in [4.69, 9.17) is 10.5 Å². The van der Waals surface area contributed by atoms with E-state index in [9.17, 15) is 4.79 Å². The van der Waals surface area contributed by atoms with Crippen LogP contribution in [0.4, 0.5) is 0 Å². The minimum atomic E-state index is -0.939. The Morgan fingerprint density at radius 1 is 1.59 bits per heavy atom. The molecule has 6 heteroatoms. The third-order valence-electron chi connectivity index (χ3n) is 2.15. The van der Waals surface area contributed by atoms with Gasteiger partial charge in [0.15, 0.2) is 0 Å². The van der Waals surface area contributed by atoms with E-state index < -0.39 is 5.54 Å². The predicted octanol–water partition coefficient (Wildman–Crippen LogP) is 1.24. The Balaban J connectivity index is 2.37. The number of nitrogens with two attached hydrogens (primary N) is 1. The van der Waals surface area contributed by atoms with Gasteiger partial charge in [-0.3, -0.25) is 9.78 Å². The minimum absolute atomic E-state index is 0.350. The maximum Gasteiger partial charge on any atom is 0.325 e. The van der Waals surface area contributed by atoms with Gasteiger partial charge in [-0.15, -0.1) is 11.8 Å². The smallest absolute Gasteiger partial charge is 0.325 e. The van der Waals surface area contributed by atoms with Gasteiger partial charge in [0, 0.05) is 18.1 Å². The van der Waals surface area contributed by atoms with Crippen LogP contribution in [-0.4, -0.2) is 33.8 Å². The van der Waals surface area contributed by atoms with Crippen molar-refractivity contribution in [2.75, 3.05) is 12.4 Å². The minimum Gasteiger partial charge on any atom is -0.465 e. The average molecular weight is 255 g/mol. The highest BCUT2D eigenvalue weighted by atomic mass is 32.2. The van der Waals surface area contributed by atoms with Gasteiger partial charge in [0.25, 0.3) is 0 Å². The molecule has 0 amide bonds. The Morgan fingerprint density at radius 2 is 2.35 bits per heavy atom. The molecule has 0 aromatic carbocycles. The van der Waals surface area contributed by atoms with Crippen LogP contribution in [0, 0.1) is 0 Å². The molecule has 1 atom stereocenters.